The number of nitrogens with zero attached hydrogens (tertiary/aromatic N) is 1. The van der Waals surface area contributed by atoms with Crippen LogP contribution in [0.1, 0.15) is 18.9 Å². The van der Waals surface area contributed by atoms with Gasteiger partial charge in [0.2, 0.25) is 5.91 Å². The Kier molecular flexibility index (Phi) is 7.31. The minimum atomic E-state index is -0.616. The molecule has 3 aromatic carbocycles. The number of benzene rings is 3. The van der Waals surface area contributed by atoms with Gasteiger partial charge in [0.15, 0.2) is 6.61 Å². The zero-order valence-corrected chi connectivity index (χ0v) is 17.9. The molecule has 0 aromatic heterocycles. The van der Waals surface area contributed by atoms with Gasteiger partial charge < -0.3 is 15.0 Å². The number of halogens is 1. The van der Waals surface area contributed by atoms with Crippen LogP contribution in [0.2, 0.25) is 5.02 Å². The van der Waals surface area contributed by atoms with E-state index in [4.69, 9.17) is 16.3 Å². The first-order valence-electron chi connectivity index (χ1n) is 9.90. The molecule has 1 atom stereocenters. The Hall–Kier alpha value is -3.05. The predicted octanol–water partition coefficient (Wildman–Crippen LogP) is 4.43. The molecule has 0 heterocycles. The van der Waals surface area contributed by atoms with Crippen LogP contribution in [-0.4, -0.2) is 36.4 Å². The highest BCUT2D eigenvalue weighted by atomic mass is 35.5. The minimum Gasteiger partial charge on any atom is -0.483 e. The van der Waals surface area contributed by atoms with Crippen LogP contribution in [0.4, 0.5) is 0 Å². The number of nitrogens with one attached hydrogen (secondary N) is 1. The SMILES string of the molecule is CC[C@@H](C(=O)NC)N(Cc1ccccc1Cl)C(=O)COc1cccc2ccccc12. The quantitative estimate of drug-likeness (QED) is 0.582. The summed E-state index contributed by atoms with van der Waals surface area (Å²) in [5.74, 6) is 0.133. The van der Waals surface area contributed by atoms with Gasteiger partial charge in [-0.05, 0) is 29.5 Å². The molecule has 2 amide bonds. The van der Waals surface area contributed by atoms with Crippen molar-refractivity contribution in [3.8, 4) is 5.75 Å². The molecule has 0 aliphatic carbocycles. The zero-order chi connectivity index (χ0) is 21.5. The number of hydrogen-bond donors (Lipinski definition) is 1. The second-order valence-electron chi connectivity index (χ2n) is 6.92. The first-order chi connectivity index (χ1) is 14.5. The lowest BCUT2D eigenvalue weighted by Crippen LogP contribution is -2.49. The van der Waals surface area contributed by atoms with Gasteiger partial charge in [0, 0.05) is 24.0 Å². The van der Waals surface area contributed by atoms with Crippen LogP contribution in [0.5, 0.6) is 5.75 Å². The number of ether oxygens (including phenoxy) is 1. The number of amides is 2. The first-order valence-corrected chi connectivity index (χ1v) is 10.3. The molecule has 1 N–H and O–H groups in total. The molecule has 0 spiro atoms. The maximum atomic E-state index is 13.2. The second-order valence-corrected chi connectivity index (χ2v) is 7.32. The molecule has 0 saturated heterocycles. The summed E-state index contributed by atoms with van der Waals surface area (Å²) in [5, 5.41) is 5.16. The molecule has 3 aromatic rings. The standard InChI is InChI=1S/C24H25ClN2O3/c1-3-21(24(29)26-2)27(15-18-10-5-7-13-20(18)25)23(28)16-30-22-14-8-11-17-9-4-6-12-19(17)22/h4-14,21H,3,15-16H2,1-2H3,(H,26,29)/t21-/m0/s1. The summed E-state index contributed by atoms with van der Waals surface area (Å²) in [5.41, 5.74) is 0.778. The highest BCUT2D eigenvalue weighted by Crippen LogP contribution is 2.25. The fraction of sp³-hybridized carbons (Fsp3) is 0.250. The number of carbonyl (C=O) groups excluding carboxylic acids is 2. The Morgan fingerprint density at radius 2 is 1.73 bits per heavy atom. The lowest BCUT2D eigenvalue weighted by Gasteiger charge is -2.30. The van der Waals surface area contributed by atoms with E-state index in [-0.39, 0.29) is 25.0 Å². The first kappa shape index (κ1) is 21.7. The van der Waals surface area contributed by atoms with Gasteiger partial charge in [-0.2, -0.15) is 0 Å². The van der Waals surface area contributed by atoms with Gasteiger partial charge in [-0.3, -0.25) is 9.59 Å². The Labute approximate surface area is 181 Å². The molecular formula is C24H25ClN2O3. The molecule has 0 saturated carbocycles. The van der Waals surface area contributed by atoms with Crippen molar-refractivity contribution in [2.24, 2.45) is 0 Å². The Bertz CT molecular complexity index is 1030. The topological polar surface area (TPSA) is 58.6 Å². The summed E-state index contributed by atoms with van der Waals surface area (Å²) < 4.78 is 5.88. The number of rotatable bonds is 8. The van der Waals surface area contributed by atoms with Crippen molar-refractivity contribution in [2.75, 3.05) is 13.7 Å². The van der Waals surface area contributed by atoms with Crippen molar-refractivity contribution in [3.05, 3.63) is 77.3 Å². The lowest BCUT2D eigenvalue weighted by atomic mass is 10.1. The van der Waals surface area contributed by atoms with Gasteiger partial charge in [0.1, 0.15) is 11.8 Å². The molecule has 0 aliphatic rings. The molecule has 0 unspecified atom stereocenters. The Morgan fingerprint density at radius 1 is 1.03 bits per heavy atom. The van der Waals surface area contributed by atoms with Gasteiger partial charge in [-0.15, -0.1) is 0 Å². The van der Waals surface area contributed by atoms with Crippen LogP contribution in [-0.2, 0) is 16.1 Å². The highest BCUT2D eigenvalue weighted by molar-refractivity contribution is 6.31. The summed E-state index contributed by atoms with van der Waals surface area (Å²) in [4.78, 5) is 27.1. The van der Waals surface area contributed by atoms with Crippen molar-refractivity contribution in [1.29, 1.82) is 0 Å². The van der Waals surface area contributed by atoms with Crippen LogP contribution in [0.15, 0.2) is 66.7 Å². The summed E-state index contributed by atoms with van der Waals surface area (Å²) in [6, 6.07) is 20.3. The fourth-order valence-corrected chi connectivity index (χ4v) is 3.64. The number of fused-ring (bicyclic) bond motifs is 1. The third kappa shape index (κ3) is 4.92. The van der Waals surface area contributed by atoms with Crippen LogP contribution in [0.25, 0.3) is 10.8 Å². The average molecular weight is 425 g/mol. The van der Waals surface area contributed by atoms with Crippen molar-refractivity contribution in [1.82, 2.24) is 10.2 Å². The summed E-state index contributed by atoms with van der Waals surface area (Å²) in [7, 11) is 1.57. The second kappa shape index (κ2) is 10.1. The molecule has 0 aliphatic heterocycles. The van der Waals surface area contributed by atoms with Crippen LogP contribution in [0, 0.1) is 0 Å². The number of hydrogen-bond acceptors (Lipinski definition) is 3. The maximum Gasteiger partial charge on any atom is 0.261 e. The van der Waals surface area contributed by atoms with Gasteiger partial charge in [0.25, 0.3) is 5.91 Å². The van der Waals surface area contributed by atoms with Crippen molar-refractivity contribution in [2.45, 2.75) is 25.9 Å². The number of likely N-dealkylation sites (N-methyl/N-ethyl adjacent to an activating group) is 1. The predicted molar refractivity (Wildman–Crippen MR) is 120 cm³/mol. The average Bonchev–Trinajstić information content (AvgIpc) is 2.78. The van der Waals surface area contributed by atoms with E-state index in [1.807, 2.05) is 67.6 Å². The molecule has 3 rings (SSSR count). The third-order valence-corrected chi connectivity index (χ3v) is 5.40. The van der Waals surface area contributed by atoms with Crippen molar-refractivity contribution >= 4 is 34.2 Å². The molecule has 156 valence electrons. The van der Waals surface area contributed by atoms with E-state index >= 15 is 0 Å². The smallest absolute Gasteiger partial charge is 0.261 e. The summed E-state index contributed by atoms with van der Waals surface area (Å²) in [6.45, 7) is 1.92. The fourth-order valence-electron chi connectivity index (χ4n) is 3.44. The monoisotopic (exact) mass is 424 g/mol. The maximum absolute atomic E-state index is 13.2. The highest BCUT2D eigenvalue weighted by Gasteiger charge is 2.28. The van der Waals surface area contributed by atoms with Gasteiger partial charge >= 0.3 is 0 Å². The van der Waals surface area contributed by atoms with Gasteiger partial charge in [-0.25, -0.2) is 0 Å². The van der Waals surface area contributed by atoms with Crippen LogP contribution < -0.4 is 10.1 Å². The molecule has 0 radical (unpaired) electrons. The molecule has 0 bridgehead atoms. The van der Waals surface area contributed by atoms with E-state index in [1.165, 1.54) is 4.90 Å². The van der Waals surface area contributed by atoms with E-state index in [0.29, 0.717) is 17.2 Å². The summed E-state index contributed by atoms with van der Waals surface area (Å²) in [6.07, 6.45) is 0.476. The Morgan fingerprint density at radius 3 is 2.47 bits per heavy atom. The van der Waals surface area contributed by atoms with E-state index in [9.17, 15) is 9.59 Å². The van der Waals surface area contributed by atoms with Crippen LogP contribution >= 0.6 is 11.6 Å². The summed E-state index contributed by atoms with van der Waals surface area (Å²) >= 11 is 6.30. The van der Waals surface area contributed by atoms with Gasteiger partial charge in [-0.1, -0.05) is 73.1 Å². The van der Waals surface area contributed by atoms with E-state index in [2.05, 4.69) is 5.32 Å². The minimum absolute atomic E-state index is 0.175. The van der Waals surface area contributed by atoms with Gasteiger partial charge in [0.05, 0.1) is 0 Å². The third-order valence-electron chi connectivity index (χ3n) is 5.03. The van der Waals surface area contributed by atoms with Crippen LogP contribution in [0.3, 0.4) is 0 Å². The normalized spacial score (nSPS) is 11.7. The zero-order valence-electron chi connectivity index (χ0n) is 17.1. The molecular weight excluding hydrogens is 400 g/mol. The lowest BCUT2D eigenvalue weighted by molar-refractivity contribution is -0.142. The molecule has 6 heteroatoms. The molecule has 30 heavy (non-hydrogen) atoms. The van der Waals surface area contributed by atoms with Crippen molar-refractivity contribution < 1.29 is 14.3 Å². The molecule has 0 fully saturated rings. The Balaban J connectivity index is 1.83. The van der Waals surface area contributed by atoms with E-state index in [0.717, 1.165) is 16.3 Å². The molecule has 5 nitrogen and oxygen atoms in total. The largest absolute Gasteiger partial charge is 0.483 e. The van der Waals surface area contributed by atoms with E-state index in [1.54, 1.807) is 13.1 Å². The van der Waals surface area contributed by atoms with Crippen molar-refractivity contribution in [3.63, 3.8) is 0 Å². The van der Waals surface area contributed by atoms with E-state index < -0.39 is 6.04 Å². The number of carbonyl (C=O) groups is 2.